The molecule has 0 aliphatic heterocycles. The lowest BCUT2D eigenvalue weighted by Gasteiger charge is -2.11. The first-order chi connectivity index (χ1) is 23.0. The first-order valence-corrected chi connectivity index (χ1v) is 15.8. The third-order valence-electron chi connectivity index (χ3n) is 7.90. The Kier molecular flexibility index (Phi) is 8.25. The van der Waals surface area contributed by atoms with Crippen molar-refractivity contribution in [1.29, 1.82) is 0 Å². The Bertz CT molecular complexity index is 2380. The van der Waals surface area contributed by atoms with Crippen LogP contribution in [0.4, 0.5) is 8.78 Å². The summed E-state index contributed by atoms with van der Waals surface area (Å²) in [5.74, 6) is -1.13. The molecule has 47 heavy (non-hydrogen) atoms. The van der Waals surface area contributed by atoms with Gasteiger partial charge in [0.2, 0.25) is 0 Å². The number of hydrogen-bond donors (Lipinski definition) is 0. The zero-order valence-electron chi connectivity index (χ0n) is 25.5. The van der Waals surface area contributed by atoms with Crippen molar-refractivity contribution in [2.75, 3.05) is 0 Å². The fourth-order valence-corrected chi connectivity index (χ4v) is 6.26. The minimum atomic E-state index is -0.575. The fraction of sp³-hybridized carbons (Fsp3) is 0.0513. The van der Waals surface area contributed by atoms with E-state index in [0.717, 1.165) is 60.5 Å². The number of thiazole rings is 1. The van der Waals surface area contributed by atoms with Crippen LogP contribution in [-0.2, 0) is 0 Å². The van der Waals surface area contributed by atoms with Gasteiger partial charge in [-0.05, 0) is 86.1 Å². The van der Waals surface area contributed by atoms with Crippen LogP contribution < -0.4 is 0 Å². The maximum absolute atomic E-state index is 14.6. The highest BCUT2D eigenvalue weighted by molar-refractivity contribution is 7.16. The average Bonchev–Trinajstić information content (AvgIpc) is 3.59. The van der Waals surface area contributed by atoms with Crippen molar-refractivity contribution in [2.45, 2.75) is 13.8 Å². The van der Waals surface area contributed by atoms with Gasteiger partial charge in [0.1, 0.15) is 11.6 Å². The Hall–Kier alpha value is -5.73. The molecule has 0 aliphatic carbocycles. The largest absolute Gasteiger partial charge is 0.256 e. The summed E-state index contributed by atoms with van der Waals surface area (Å²) in [5, 5.41) is 1.10. The molecule has 8 heteroatoms. The van der Waals surface area contributed by atoms with E-state index in [0.29, 0.717) is 11.3 Å². The van der Waals surface area contributed by atoms with Crippen LogP contribution in [0.1, 0.15) is 11.3 Å². The second-order valence-corrected chi connectivity index (χ2v) is 11.8. The lowest BCUT2D eigenvalue weighted by molar-refractivity contribution is 0.570. The molecule has 5 heterocycles. The van der Waals surface area contributed by atoms with E-state index in [-0.39, 0.29) is 5.56 Å². The van der Waals surface area contributed by atoms with Gasteiger partial charge in [-0.2, -0.15) is 0 Å². The van der Waals surface area contributed by atoms with Crippen molar-refractivity contribution in [3.63, 3.8) is 0 Å². The van der Waals surface area contributed by atoms with Crippen LogP contribution in [0.15, 0.2) is 127 Å². The number of nitrogens with zero attached hydrogens (tertiary/aromatic N) is 5. The van der Waals surface area contributed by atoms with E-state index in [1.165, 1.54) is 19.1 Å². The van der Waals surface area contributed by atoms with E-state index in [4.69, 9.17) is 0 Å². The smallest absolute Gasteiger partial charge is 0.138 e. The minimum Gasteiger partial charge on any atom is -0.256 e. The number of para-hydroxylation sites is 1. The monoisotopic (exact) mass is 635 g/mol. The van der Waals surface area contributed by atoms with Crippen molar-refractivity contribution in [3.05, 3.63) is 150 Å². The van der Waals surface area contributed by atoms with Crippen molar-refractivity contribution in [3.8, 4) is 44.9 Å². The first-order valence-electron chi connectivity index (χ1n) is 14.9. The van der Waals surface area contributed by atoms with Crippen LogP contribution in [0, 0.1) is 25.5 Å². The minimum absolute atomic E-state index is 0.00186. The van der Waals surface area contributed by atoms with Gasteiger partial charge in [-0.1, -0.05) is 36.4 Å². The van der Waals surface area contributed by atoms with Gasteiger partial charge >= 0.3 is 0 Å². The molecule has 0 atom stereocenters. The van der Waals surface area contributed by atoms with Gasteiger partial charge in [0.25, 0.3) is 0 Å². The van der Waals surface area contributed by atoms with Crippen LogP contribution in [0.5, 0.6) is 0 Å². The van der Waals surface area contributed by atoms with Crippen molar-refractivity contribution >= 4 is 32.5 Å². The summed E-state index contributed by atoms with van der Waals surface area (Å²) in [7, 11) is 0. The van der Waals surface area contributed by atoms with Crippen LogP contribution in [0.25, 0.3) is 66.0 Å². The molecule has 0 bridgehead atoms. The van der Waals surface area contributed by atoms with Gasteiger partial charge in [0.05, 0.1) is 38.3 Å². The van der Waals surface area contributed by atoms with Crippen molar-refractivity contribution in [1.82, 2.24) is 24.9 Å². The second kappa shape index (κ2) is 12.9. The van der Waals surface area contributed by atoms with E-state index in [1.807, 2.05) is 98.2 Å². The summed E-state index contributed by atoms with van der Waals surface area (Å²) in [4.78, 5) is 22.4. The van der Waals surface area contributed by atoms with Gasteiger partial charge in [0.15, 0.2) is 0 Å². The highest BCUT2D eigenvalue weighted by Crippen LogP contribution is 2.35. The molecule has 0 saturated carbocycles. The zero-order chi connectivity index (χ0) is 32.3. The average molecular weight is 636 g/mol. The standard InChI is InChI=1S/C20H15N3.C19H12F2N2S/c1-14-6-4-10-19(23-14)17-8-5-12-22-20(17)16-11-13-21-18-9-3-2-7-15(16)18;1-11-15(20)6-5-14(18(11)21)19-13(3-2-8-22-19)12-4-7-16-17(9-12)24-10-23-16/h2-13H,1H3;2-10H,1H3. The van der Waals surface area contributed by atoms with Gasteiger partial charge < -0.3 is 0 Å². The Morgan fingerprint density at radius 1 is 0.574 bits per heavy atom. The SMILES string of the molecule is Cc1c(F)ccc(-c2ncccc2-c2ccc3ncsc3c2)c1F.Cc1cccc(-c2cccnc2-c2ccnc3ccccc23)n1. The highest BCUT2D eigenvalue weighted by atomic mass is 32.1. The van der Waals surface area contributed by atoms with Crippen molar-refractivity contribution in [2.24, 2.45) is 0 Å². The molecule has 0 aliphatic rings. The number of pyridine rings is 4. The van der Waals surface area contributed by atoms with Gasteiger partial charge in [-0.3, -0.25) is 19.9 Å². The highest BCUT2D eigenvalue weighted by Gasteiger charge is 2.17. The maximum Gasteiger partial charge on any atom is 0.138 e. The van der Waals surface area contributed by atoms with E-state index < -0.39 is 11.6 Å². The second-order valence-electron chi connectivity index (χ2n) is 10.9. The van der Waals surface area contributed by atoms with Crippen molar-refractivity contribution < 1.29 is 8.78 Å². The molecule has 228 valence electrons. The maximum atomic E-state index is 14.6. The Morgan fingerprint density at radius 2 is 1.36 bits per heavy atom. The molecule has 0 fully saturated rings. The molecule has 3 aromatic carbocycles. The number of benzene rings is 3. The molecule has 0 unspecified atom stereocenters. The quantitative estimate of drug-likeness (QED) is 0.193. The summed E-state index contributed by atoms with van der Waals surface area (Å²) in [6, 6.07) is 32.5. The summed E-state index contributed by atoms with van der Waals surface area (Å²) in [5.41, 5.74) is 11.2. The Balaban J connectivity index is 0.000000150. The Labute approximate surface area is 274 Å². The normalized spacial score (nSPS) is 11.0. The number of rotatable bonds is 4. The number of aryl methyl sites for hydroxylation is 1. The molecule has 8 rings (SSSR count). The topological polar surface area (TPSA) is 64.5 Å². The van der Waals surface area contributed by atoms with Crippen LogP contribution in [0.2, 0.25) is 0 Å². The lowest BCUT2D eigenvalue weighted by atomic mass is 9.97. The lowest BCUT2D eigenvalue weighted by Crippen LogP contribution is -1.96. The zero-order valence-corrected chi connectivity index (χ0v) is 26.3. The third-order valence-corrected chi connectivity index (χ3v) is 8.69. The fourth-order valence-electron chi connectivity index (χ4n) is 5.54. The number of halogens is 2. The molecule has 5 nitrogen and oxygen atoms in total. The van der Waals surface area contributed by atoms with E-state index in [1.54, 1.807) is 23.0 Å². The van der Waals surface area contributed by atoms with Gasteiger partial charge in [-0.25, -0.2) is 13.8 Å². The number of fused-ring (bicyclic) bond motifs is 2. The molecular weight excluding hydrogens is 609 g/mol. The predicted molar refractivity (Wildman–Crippen MR) is 186 cm³/mol. The number of hydrogen-bond acceptors (Lipinski definition) is 6. The number of aromatic nitrogens is 5. The summed E-state index contributed by atoms with van der Waals surface area (Å²) in [6.07, 6.45) is 5.27. The summed E-state index contributed by atoms with van der Waals surface area (Å²) >= 11 is 1.55. The summed E-state index contributed by atoms with van der Waals surface area (Å²) < 4.78 is 29.2. The molecule has 0 spiro atoms. The molecule has 8 aromatic rings. The predicted octanol–water partition coefficient (Wildman–Crippen LogP) is 10.3. The molecular formula is C39H27F2N5S. The van der Waals surface area contributed by atoms with E-state index in [9.17, 15) is 8.78 Å². The molecule has 0 amide bonds. The van der Waals surface area contributed by atoms with Gasteiger partial charge in [-0.15, -0.1) is 11.3 Å². The van der Waals surface area contributed by atoms with Gasteiger partial charge in [0, 0.05) is 57.5 Å². The first kappa shape index (κ1) is 30.0. The molecule has 0 saturated heterocycles. The van der Waals surface area contributed by atoms with E-state index in [2.05, 4.69) is 37.1 Å². The summed E-state index contributed by atoms with van der Waals surface area (Å²) in [6.45, 7) is 3.43. The van der Waals surface area contributed by atoms with Crippen LogP contribution in [-0.4, -0.2) is 24.9 Å². The third kappa shape index (κ3) is 5.98. The van der Waals surface area contributed by atoms with E-state index >= 15 is 0 Å². The molecule has 0 radical (unpaired) electrons. The van der Waals surface area contributed by atoms with Crippen LogP contribution in [0.3, 0.4) is 0 Å². The Morgan fingerprint density at radius 3 is 2.19 bits per heavy atom. The molecule has 5 aromatic heterocycles. The van der Waals surface area contributed by atoms with Crippen LogP contribution >= 0.6 is 11.3 Å². The molecule has 0 N–H and O–H groups in total.